The average molecular weight is 380 g/mol. The Kier molecular flexibility index (Phi) is 5.83. The molecular formula is C25H33NO2. The number of hydrogen-bond acceptors (Lipinski definition) is 3. The molecule has 0 aromatic heterocycles. The van der Waals surface area contributed by atoms with Gasteiger partial charge in [-0.2, -0.15) is 0 Å². The van der Waals surface area contributed by atoms with Crippen molar-refractivity contribution in [1.29, 1.82) is 0 Å². The zero-order valence-electron chi connectivity index (χ0n) is 18.1. The Balaban J connectivity index is 2.00. The molecule has 3 nitrogen and oxygen atoms in total. The van der Waals surface area contributed by atoms with Crippen LogP contribution < -0.4 is 4.90 Å². The standard InChI is InChI=1S/C25H33NO2/c1-7-26(20-11-9-19(10-12-20)24(27)28-8-2)23-16-22-21(15-18(23)4)17(3)13-14-25(22,5)6/h9-12,15-17H,7-8,13-14H2,1-6H3. The van der Waals surface area contributed by atoms with Crippen LogP contribution >= 0.6 is 0 Å². The van der Waals surface area contributed by atoms with Gasteiger partial charge in [-0.3, -0.25) is 0 Å². The molecule has 3 heteroatoms. The molecule has 0 spiro atoms. The van der Waals surface area contributed by atoms with Crippen molar-refractivity contribution in [3.63, 3.8) is 0 Å². The topological polar surface area (TPSA) is 29.5 Å². The van der Waals surface area contributed by atoms with Crippen molar-refractivity contribution in [2.75, 3.05) is 18.1 Å². The molecule has 2 aromatic rings. The Bertz CT molecular complexity index is 852. The van der Waals surface area contributed by atoms with Crippen LogP contribution in [0.5, 0.6) is 0 Å². The number of nitrogens with zero attached hydrogens (tertiary/aromatic N) is 1. The van der Waals surface area contributed by atoms with Gasteiger partial charge in [-0.1, -0.05) is 26.8 Å². The van der Waals surface area contributed by atoms with Crippen LogP contribution in [-0.4, -0.2) is 19.1 Å². The second-order valence-corrected chi connectivity index (χ2v) is 8.56. The van der Waals surface area contributed by atoms with Gasteiger partial charge >= 0.3 is 5.97 Å². The third-order valence-electron chi connectivity index (χ3n) is 6.13. The number of esters is 1. The highest BCUT2D eigenvalue weighted by molar-refractivity contribution is 5.90. The van der Waals surface area contributed by atoms with Crippen LogP contribution in [0, 0.1) is 6.92 Å². The summed E-state index contributed by atoms with van der Waals surface area (Å²) >= 11 is 0. The van der Waals surface area contributed by atoms with E-state index in [-0.39, 0.29) is 11.4 Å². The Morgan fingerprint density at radius 3 is 2.46 bits per heavy atom. The largest absolute Gasteiger partial charge is 0.462 e. The maximum absolute atomic E-state index is 11.9. The molecule has 1 aliphatic carbocycles. The van der Waals surface area contributed by atoms with Crippen LogP contribution in [0.3, 0.4) is 0 Å². The molecule has 0 fully saturated rings. The van der Waals surface area contributed by atoms with Crippen LogP contribution in [-0.2, 0) is 10.2 Å². The number of hydrogen-bond donors (Lipinski definition) is 0. The van der Waals surface area contributed by atoms with Gasteiger partial charge in [0.1, 0.15) is 0 Å². The minimum absolute atomic E-state index is 0.206. The summed E-state index contributed by atoms with van der Waals surface area (Å²) in [6.07, 6.45) is 2.48. The third kappa shape index (κ3) is 3.80. The monoisotopic (exact) mass is 379 g/mol. The molecule has 0 aliphatic heterocycles. The summed E-state index contributed by atoms with van der Waals surface area (Å²) in [5, 5.41) is 0. The van der Waals surface area contributed by atoms with Crippen molar-refractivity contribution >= 4 is 17.3 Å². The summed E-state index contributed by atoms with van der Waals surface area (Å²) in [5.74, 6) is 0.354. The molecule has 1 aliphatic rings. The fourth-order valence-corrected chi connectivity index (χ4v) is 4.35. The van der Waals surface area contributed by atoms with Gasteiger partial charge in [0.2, 0.25) is 0 Å². The normalized spacial score (nSPS) is 17.7. The van der Waals surface area contributed by atoms with Gasteiger partial charge in [0.25, 0.3) is 0 Å². The molecular weight excluding hydrogens is 346 g/mol. The summed E-state index contributed by atoms with van der Waals surface area (Å²) in [6.45, 7) is 14.5. The lowest BCUT2D eigenvalue weighted by Crippen LogP contribution is -2.27. The Morgan fingerprint density at radius 2 is 1.86 bits per heavy atom. The van der Waals surface area contributed by atoms with Crippen molar-refractivity contribution in [3.8, 4) is 0 Å². The smallest absolute Gasteiger partial charge is 0.338 e. The number of benzene rings is 2. The van der Waals surface area contributed by atoms with E-state index in [1.54, 1.807) is 0 Å². The number of ether oxygens (including phenoxy) is 1. The van der Waals surface area contributed by atoms with Crippen molar-refractivity contribution < 1.29 is 9.53 Å². The minimum atomic E-state index is -0.266. The first-order valence-corrected chi connectivity index (χ1v) is 10.5. The number of anilines is 2. The number of carbonyl (C=O) groups excluding carboxylic acids is 1. The zero-order chi connectivity index (χ0) is 20.5. The molecule has 3 rings (SSSR count). The van der Waals surface area contributed by atoms with Crippen LogP contribution in [0.25, 0.3) is 0 Å². The fraction of sp³-hybridized carbons (Fsp3) is 0.480. The first kappa shape index (κ1) is 20.4. The van der Waals surface area contributed by atoms with E-state index in [4.69, 9.17) is 4.74 Å². The quantitative estimate of drug-likeness (QED) is 0.555. The lowest BCUT2D eigenvalue weighted by atomic mass is 9.68. The maximum atomic E-state index is 11.9. The van der Waals surface area contributed by atoms with Crippen LogP contribution in [0.1, 0.15) is 80.4 Å². The summed E-state index contributed by atoms with van der Waals surface area (Å²) in [5.41, 5.74) is 7.45. The molecule has 28 heavy (non-hydrogen) atoms. The van der Waals surface area contributed by atoms with E-state index in [1.165, 1.54) is 35.2 Å². The van der Waals surface area contributed by atoms with Gasteiger partial charge in [0, 0.05) is 17.9 Å². The highest BCUT2D eigenvalue weighted by Crippen LogP contribution is 2.45. The van der Waals surface area contributed by atoms with E-state index >= 15 is 0 Å². The SMILES string of the molecule is CCOC(=O)c1ccc(N(CC)c2cc3c(cc2C)C(C)CCC3(C)C)cc1. The van der Waals surface area contributed by atoms with Gasteiger partial charge in [0.15, 0.2) is 0 Å². The zero-order valence-corrected chi connectivity index (χ0v) is 18.1. The molecule has 0 saturated carbocycles. The number of fused-ring (bicyclic) bond motifs is 1. The van der Waals surface area contributed by atoms with Gasteiger partial charge in [0.05, 0.1) is 12.2 Å². The average Bonchev–Trinajstić information content (AvgIpc) is 2.67. The van der Waals surface area contributed by atoms with E-state index in [0.29, 0.717) is 18.1 Å². The minimum Gasteiger partial charge on any atom is -0.462 e. The Labute approximate surface area is 169 Å². The van der Waals surface area contributed by atoms with Crippen molar-refractivity contribution in [1.82, 2.24) is 0 Å². The molecule has 0 amide bonds. The van der Waals surface area contributed by atoms with Crippen LogP contribution in [0.2, 0.25) is 0 Å². The lowest BCUT2D eigenvalue weighted by Gasteiger charge is -2.38. The lowest BCUT2D eigenvalue weighted by molar-refractivity contribution is 0.0526. The van der Waals surface area contributed by atoms with Gasteiger partial charge in [-0.15, -0.1) is 0 Å². The Hall–Kier alpha value is -2.29. The second-order valence-electron chi connectivity index (χ2n) is 8.56. The number of carbonyl (C=O) groups is 1. The second kappa shape index (κ2) is 7.98. The van der Waals surface area contributed by atoms with E-state index in [9.17, 15) is 4.79 Å². The summed E-state index contributed by atoms with van der Waals surface area (Å²) < 4.78 is 5.10. The van der Waals surface area contributed by atoms with Gasteiger partial charge in [-0.05, 0) is 92.0 Å². The maximum Gasteiger partial charge on any atom is 0.338 e. The summed E-state index contributed by atoms with van der Waals surface area (Å²) in [7, 11) is 0. The van der Waals surface area contributed by atoms with Crippen molar-refractivity contribution in [2.24, 2.45) is 0 Å². The molecule has 0 N–H and O–H groups in total. The predicted octanol–water partition coefficient (Wildman–Crippen LogP) is 6.50. The number of aryl methyl sites for hydroxylation is 1. The molecule has 1 atom stereocenters. The van der Waals surface area contributed by atoms with Gasteiger partial charge in [-0.25, -0.2) is 4.79 Å². The predicted molar refractivity (Wildman–Crippen MR) is 117 cm³/mol. The molecule has 0 saturated heterocycles. The molecule has 0 bridgehead atoms. The van der Waals surface area contributed by atoms with E-state index in [0.717, 1.165) is 12.2 Å². The van der Waals surface area contributed by atoms with Crippen LogP contribution in [0.4, 0.5) is 11.4 Å². The molecule has 150 valence electrons. The molecule has 1 unspecified atom stereocenters. The van der Waals surface area contributed by atoms with E-state index in [1.807, 2.05) is 31.2 Å². The highest BCUT2D eigenvalue weighted by atomic mass is 16.5. The summed E-state index contributed by atoms with van der Waals surface area (Å²) in [6, 6.07) is 12.5. The highest BCUT2D eigenvalue weighted by Gasteiger charge is 2.32. The van der Waals surface area contributed by atoms with E-state index in [2.05, 4.69) is 51.7 Å². The third-order valence-corrected chi connectivity index (χ3v) is 6.13. The molecule has 0 heterocycles. The first-order valence-electron chi connectivity index (χ1n) is 10.5. The first-order chi connectivity index (χ1) is 13.3. The van der Waals surface area contributed by atoms with Crippen molar-refractivity contribution in [3.05, 3.63) is 58.7 Å². The van der Waals surface area contributed by atoms with Crippen LogP contribution in [0.15, 0.2) is 36.4 Å². The molecule has 0 radical (unpaired) electrons. The fourth-order valence-electron chi connectivity index (χ4n) is 4.35. The summed E-state index contributed by atoms with van der Waals surface area (Å²) in [4.78, 5) is 14.3. The van der Waals surface area contributed by atoms with Gasteiger partial charge < -0.3 is 9.64 Å². The Morgan fingerprint density at radius 1 is 1.18 bits per heavy atom. The number of rotatable bonds is 5. The van der Waals surface area contributed by atoms with E-state index < -0.39 is 0 Å². The van der Waals surface area contributed by atoms with Crippen molar-refractivity contribution in [2.45, 2.75) is 65.7 Å². The molecule has 2 aromatic carbocycles.